The van der Waals surface area contributed by atoms with Gasteiger partial charge < -0.3 is 10.5 Å². The molecule has 0 aliphatic carbocycles. The van der Waals surface area contributed by atoms with E-state index < -0.39 is 0 Å². The molecule has 3 heteroatoms. The Balaban J connectivity index is 2.23. The van der Waals surface area contributed by atoms with Crippen molar-refractivity contribution >= 4 is 15.9 Å². The van der Waals surface area contributed by atoms with Gasteiger partial charge in [-0.25, -0.2) is 0 Å². The van der Waals surface area contributed by atoms with Crippen LogP contribution in [0.15, 0.2) is 16.6 Å². The maximum Gasteiger partial charge on any atom is 0.0469 e. The number of hydrogen-bond donors (Lipinski definition) is 1. The Labute approximate surface area is 112 Å². The van der Waals surface area contributed by atoms with Gasteiger partial charge in [0.15, 0.2) is 0 Å². The molecule has 1 aliphatic rings. The van der Waals surface area contributed by atoms with E-state index in [1.165, 1.54) is 16.7 Å². The summed E-state index contributed by atoms with van der Waals surface area (Å²) in [5.41, 5.74) is 10.2. The molecule has 17 heavy (non-hydrogen) atoms. The largest absolute Gasteiger partial charge is 0.381 e. The highest BCUT2D eigenvalue weighted by Gasteiger charge is 2.23. The van der Waals surface area contributed by atoms with Crippen molar-refractivity contribution < 1.29 is 4.74 Å². The monoisotopic (exact) mass is 297 g/mol. The van der Waals surface area contributed by atoms with Gasteiger partial charge in [-0.3, -0.25) is 0 Å². The molecule has 0 spiro atoms. The molecule has 0 aromatic heterocycles. The highest BCUT2D eigenvalue weighted by molar-refractivity contribution is 9.10. The van der Waals surface area contributed by atoms with Crippen molar-refractivity contribution in [2.45, 2.75) is 32.7 Å². The maximum absolute atomic E-state index is 6.42. The summed E-state index contributed by atoms with van der Waals surface area (Å²) in [7, 11) is 0. The summed E-state index contributed by atoms with van der Waals surface area (Å²) in [6.07, 6.45) is 2.16. The molecule has 2 N–H and O–H groups in total. The Morgan fingerprint density at radius 3 is 2.53 bits per heavy atom. The molecule has 1 heterocycles. The van der Waals surface area contributed by atoms with Crippen LogP contribution in [0.3, 0.4) is 0 Å². The minimum atomic E-state index is 0.144. The van der Waals surface area contributed by atoms with Crippen molar-refractivity contribution in [2.75, 3.05) is 13.2 Å². The lowest BCUT2D eigenvalue weighted by atomic mass is 9.85. The summed E-state index contributed by atoms with van der Waals surface area (Å²) in [4.78, 5) is 0. The van der Waals surface area contributed by atoms with Gasteiger partial charge in [-0.1, -0.05) is 22.0 Å². The third kappa shape index (κ3) is 2.90. The van der Waals surface area contributed by atoms with Gasteiger partial charge in [0.25, 0.3) is 0 Å². The second-order valence-electron chi connectivity index (χ2n) is 4.93. The molecule has 1 fully saturated rings. The van der Waals surface area contributed by atoms with Crippen LogP contribution in [0.1, 0.15) is 35.6 Å². The Morgan fingerprint density at radius 1 is 1.24 bits per heavy atom. The standard InChI is InChI=1S/C14H20BrNO/c1-9-8-13(15)10(2)7-12(9)14(16)11-3-5-17-6-4-11/h7-8,11,14H,3-6,16H2,1-2H3. The number of halogens is 1. The van der Waals surface area contributed by atoms with E-state index in [-0.39, 0.29) is 6.04 Å². The van der Waals surface area contributed by atoms with Crippen LogP contribution >= 0.6 is 15.9 Å². The van der Waals surface area contributed by atoms with Crippen LogP contribution in [0, 0.1) is 19.8 Å². The van der Waals surface area contributed by atoms with Crippen molar-refractivity contribution in [2.24, 2.45) is 11.7 Å². The van der Waals surface area contributed by atoms with Gasteiger partial charge in [0, 0.05) is 23.7 Å². The van der Waals surface area contributed by atoms with E-state index >= 15 is 0 Å². The number of benzene rings is 1. The molecule has 1 unspecified atom stereocenters. The number of ether oxygens (including phenoxy) is 1. The number of aryl methyl sites for hydroxylation is 2. The molecule has 2 rings (SSSR count). The first kappa shape index (κ1) is 13.1. The van der Waals surface area contributed by atoms with E-state index in [4.69, 9.17) is 10.5 Å². The minimum absolute atomic E-state index is 0.144. The molecule has 0 amide bonds. The normalized spacial score (nSPS) is 19.3. The lowest BCUT2D eigenvalue weighted by molar-refractivity contribution is 0.0583. The molecule has 0 bridgehead atoms. The molecule has 1 aliphatic heterocycles. The third-order valence-electron chi connectivity index (χ3n) is 3.68. The molecular formula is C14H20BrNO. The molecule has 1 saturated heterocycles. The maximum atomic E-state index is 6.42. The first-order chi connectivity index (χ1) is 8.09. The highest BCUT2D eigenvalue weighted by Crippen LogP contribution is 2.32. The lowest BCUT2D eigenvalue weighted by Gasteiger charge is -2.29. The molecule has 2 nitrogen and oxygen atoms in total. The van der Waals surface area contributed by atoms with Crippen LogP contribution in [0.4, 0.5) is 0 Å². The summed E-state index contributed by atoms with van der Waals surface area (Å²) >= 11 is 3.56. The molecule has 1 aromatic rings. The van der Waals surface area contributed by atoms with Gasteiger partial charge in [0.2, 0.25) is 0 Å². The van der Waals surface area contributed by atoms with Crippen LogP contribution in [0.25, 0.3) is 0 Å². The third-order valence-corrected chi connectivity index (χ3v) is 4.53. The van der Waals surface area contributed by atoms with Gasteiger partial charge in [-0.05, 0) is 55.4 Å². The molecule has 0 radical (unpaired) electrons. The van der Waals surface area contributed by atoms with Crippen molar-refractivity contribution in [1.29, 1.82) is 0 Å². The molecule has 1 atom stereocenters. The van der Waals surface area contributed by atoms with E-state index in [0.29, 0.717) is 5.92 Å². The van der Waals surface area contributed by atoms with Gasteiger partial charge in [-0.15, -0.1) is 0 Å². The summed E-state index contributed by atoms with van der Waals surface area (Å²) < 4.78 is 6.56. The first-order valence-corrected chi connectivity index (χ1v) is 6.99. The fourth-order valence-electron chi connectivity index (χ4n) is 2.49. The summed E-state index contributed by atoms with van der Waals surface area (Å²) in [6.45, 7) is 5.96. The predicted molar refractivity (Wildman–Crippen MR) is 74.1 cm³/mol. The van der Waals surface area contributed by atoms with E-state index in [0.717, 1.165) is 30.5 Å². The molecule has 94 valence electrons. The number of rotatable bonds is 2. The predicted octanol–water partition coefficient (Wildman–Crippen LogP) is 3.49. The fourth-order valence-corrected chi connectivity index (χ4v) is 2.95. The fraction of sp³-hybridized carbons (Fsp3) is 0.571. The smallest absolute Gasteiger partial charge is 0.0469 e. The van der Waals surface area contributed by atoms with Crippen molar-refractivity contribution in [3.63, 3.8) is 0 Å². The van der Waals surface area contributed by atoms with Gasteiger partial charge in [-0.2, -0.15) is 0 Å². The van der Waals surface area contributed by atoms with Gasteiger partial charge in [0.05, 0.1) is 0 Å². The second-order valence-corrected chi connectivity index (χ2v) is 5.79. The Kier molecular flexibility index (Phi) is 4.23. The zero-order chi connectivity index (χ0) is 12.4. The zero-order valence-corrected chi connectivity index (χ0v) is 12.1. The summed E-state index contributed by atoms with van der Waals surface area (Å²) in [6, 6.07) is 4.54. The summed E-state index contributed by atoms with van der Waals surface area (Å²) in [5.74, 6) is 0.558. The summed E-state index contributed by atoms with van der Waals surface area (Å²) in [5, 5.41) is 0. The average Bonchev–Trinajstić information content (AvgIpc) is 2.34. The Bertz CT molecular complexity index is 399. The van der Waals surface area contributed by atoms with Crippen LogP contribution in [0.5, 0.6) is 0 Å². The van der Waals surface area contributed by atoms with Gasteiger partial charge >= 0.3 is 0 Å². The van der Waals surface area contributed by atoms with Crippen LogP contribution in [-0.2, 0) is 4.74 Å². The quantitative estimate of drug-likeness (QED) is 0.907. The first-order valence-electron chi connectivity index (χ1n) is 6.19. The van der Waals surface area contributed by atoms with Crippen LogP contribution < -0.4 is 5.73 Å². The zero-order valence-electron chi connectivity index (χ0n) is 10.5. The average molecular weight is 298 g/mol. The Morgan fingerprint density at radius 2 is 1.88 bits per heavy atom. The highest BCUT2D eigenvalue weighted by atomic mass is 79.9. The lowest BCUT2D eigenvalue weighted by Crippen LogP contribution is -2.28. The minimum Gasteiger partial charge on any atom is -0.381 e. The van der Waals surface area contributed by atoms with E-state index in [1.807, 2.05) is 0 Å². The van der Waals surface area contributed by atoms with Crippen molar-refractivity contribution in [1.82, 2.24) is 0 Å². The van der Waals surface area contributed by atoms with E-state index in [1.54, 1.807) is 0 Å². The SMILES string of the molecule is Cc1cc(C(N)C2CCOCC2)c(C)cc1Br. The van der Waals surface area contributed by atoms with Crippen molar-refractivity contribution in [3.05, 3.63) is 33.3 Å². The van der Waals surface area contributed by atoms with Crippen LogP contribution in [-0.4, -0.2) is 13.2 Å². The topological polar surface area (TPSA) is 35.2 Å². The van der Waals surface area contributed by atoms with Crippen LogP contribution in [0.2, 0.25) is 0 Å². The van der Waals surface area contributed by atoms with E-state index in [9.17, 15) is 0 Å². The van der Waals surface area contributed by atoms with Crippen molar-refractivity contribution in [3.8, 4) is 0 Å². The Hall–Kier alpha value is -0.380. The molecule has 1 aromatic carbocycles. The number of nitrogens with two attached hydrogens (primary N) is 1. The van der Waals surface area contributed by atoms with E-state index in [2.05, 4.69) is 41.9 Å². The number of hydrogen-bond acceptors (Lipinski definition) is 2. The molecule has 0 saturated carbocycles. The molecular weight excluding hydrogens is 278 g/mol. The van der Waals surface area contributed by atoms with Gasteiger partial charge in [0.1, 0.15) is 0 Å². The second kappa shape index (κ2) is 5.51.